The van der Waals surface area contributed by atoms with Gasteiger partial charge in [-0.3, -0.25) is 4.90 Å². The van der Waals surface area contributed by atoms with E-state index >= 15 is 0 Å². The first kappa shape index (κ1) is 17.7. The van der Waals surface area contributed by atoms with Crippen molar-refractivity contribution in [2.24, 2.45) is 0 Å². The maximum Gasteiger partial charge on any atom is 0.0558 e. The van der Waals surface area contributed by atoms with Crippen LogP contribution in [0, 0.1) is 0 Å². The summed E-state index contributed by atoms with van der Waals surface area (Å²) in [5.41, 5.74) is 0. The molecule has 0 saturated heterocycles. The van der Waals surface area contributed by atoms with Crippen molar-refractivity contribution in [3.05, 3.63) is 0 Å². The minimum atomic E-state index is 0. The largest absolute Gasteiger partial charge is 0.395 e. The number of hydrogen-bond donors (Lipinski definition) is 5. The predicted octanol–water partition coefficient (Wildman–Crippen LogP) is -1.41. The first-order valence-corrected chi connectivity index (χ1v) is 3.40. The molecule has 0 atom stereocenters. The van der Waals surface area contributed by atoms with Crippen LogP contribution in [0.2, 0.25) is 0 Å². The van der Waals surface area contributed by atoms with Crippen molar-refractivity contribution in [1.29, 1.82) is 0 Å². The lowest BCUT2D eigenvalue weighted by molar-refractivity contribution is 0.136. The smallest absolute Gasteiger partial charge is 0.0558 e. The molecule has 6 nitrogen and oxygen atoms in total. The summed E-state index contributed by atoms with van der Waals surface area (Å²) >= 11 is 0. The van der Waals surface area contributed by atoms with Crippen molar-refractivity contribution in [2.45, 2.75) is 0 Å². The normalized spacial score (nSPS) is 9.00. The van der Waals surface area contributed by atoms with E-state index in [2.05, 4.69) is 0 Å². The Bertz CT molecular complexity index is 60.8. The third-order valence-corrected chi connectivity index (χ3v) is 1.25. The SMILES string of the molecule is N.N.OCCN(CCO)CCO. The van der Waals surface area contributed by atoms with Gasteiger partial charge in [0.1, 0.15) is 0 Å². The van der Waals surface area contributed by atoms with E-state index in [9.17, 15) is 0 Å². The van der Waals surface area contributed by atoms with Crippen LogP contribution in [0.3, 0.4) is 0 Å². The van der Waals surface area contributed by atoms with Gasteiger partial charge in [0, 0.05) is 19.6 Å². The monoisotopic (exact) mass is 183 g/mol. The van der Waals surface area contributed by atoms with Crippen molar-refractivity contribution in [1.82, 2.24) is 17.2 Å². The fourth-order valence-corrected chi connectivity index (χ4v) is 0.760. The highest BCUT2D eigenvalue weighted by molar-refractivity contribution is 4.54. The standard InChI is InChI=1S/C6H15NO3.2H3N/c8-4-1-7(2-5-9)3-6-10;;/h8-10H,1-6H2;2*1H3. The maximum absolute atomic E-state index is 8.48. The van der Waals surface area contributed by atoms with Gasteiger partial charge in [-0.05, 0) is 0 Å². The Balaban J connectivity index is -0.000000405. The molecule has 0 fully saturated rings. The summed E-state index contributed by atoms with van der Waals surface area (Å²) in [4.78, 5) is 1.79. The van der Waals surface area contributed by atoms with Crippen LogP contribution in [0.5, 0.6) is 0 Å². The van der Waals surface area contributed by atoms with Gasteiger partial charge in [-0.1, -0.05) is 0 Å². The number of nitrogens with zero attached hydrogens (tertiary/aromatic N) is 1. The summed E-state index contributed by atoms with van der Waals surface area (Å²) in [7, 11) is 0. The van der Waals surface area contributed by atoms with Crippen molar-refractivity contribution in [3.8, 4) is 0 Å². The lowest BCUT2D eigenvalue weighted by Crippen LogP contribution is -2.32. The Morgan fingerprint density at radius 1 is 0.667 bits per heavy atom. The van der Waals surface area contributed by atoms with E-state index in [1.54, 1.807) is 4.90 Å². The van der Waals surface area contributed by atoms with E-state index in [1.165, 1.54) is 0 Å². The van der Waals surface area contributed by atoms with Crippen molar-refractivity contribution in [2.75, 3.05) is 39.5 Å². The first-order chi connectivity index (χ1) is 4.85. The highest BCUT2D eigenvalue weighted by atomic mass is 16.3. The van der Waals surface area contributed by atoms with Gasteiger partial charge >= 0.3 is 0 Å². The maximum atomic E-state index is 8.48. The molecule has 0 aliphatic heterocycles. The molecule has 6 heteroatoms. The molecule has 0 saturated carbocycles. The van der Waals surface area contributed by atoms with Crippen LogP contribution in [-0.4, -0.2) is 59.7 Å². The van der Waals surface area contributed by atoms with Crippen LogP contribution < -0.4 is 12.3 Å². The van der Waals surface area contributed by atoms with Gasteiger partial charge in [-0.2, -0.15) is 0 Å². The van der Waals surface area contributed by atoms with E-state index in [1.807, 2.05) is 0 Å². The molecule has 0 aromatic carbocycles. The molecule has 0 amide bonds. The fraction of sp³-hybridized carbons (Fsp3) is 1.00. The van der Waals surface area contributed by atoms with Gasteiger partial charge in [-0.25, -0.2) is 0 Å². The van der Waals surface area contributed by atoms with Gasteiger partial charge in [0.05, 0.1) is 19.8 Å². The second-order valence-corrected chi connectivity index (χ2v) is 2.01. The summed E-state index contributed by atoms with van der Waals surface area (Å²) in [6.45, 7) is 1.75. The molecule has 0 aliphatic carbocycles. The van der Waals surface area contributed by atoms with Crippen molar-refractivity contribution < 1.29 is 15.3 Å². The number of hydrogen-bond acceptors (Lipinski definition) is 6. The molecule has 0 rings (SSSR count). The summed E-state index contributed by atoms with van der Waals surface area (Å²) < 4.78 is 0. The molecule has 0 spiro atoms. The Morgan fingerprint density at radius 2 is 0.917 bits per heavy atom. The molecule has 12 heavy (non-hydrogen) atoms. The average molecular weight is 183 g/mol. The van der Waals surface area contributed by atoms with Crippen LogP contribution in [0.1, 0.15) is 0 Å². The molecule has 0 aromatic rings. The number of rotatable bonds is 6. The molecule has 0 unspecified atom stereocenters. The average Bonchev–Trinajstić information content (AvgIpc) is 1.90. The summed E-state index contributed by atoms with van der Waals surface area (Å²) in [6, 6.07) is 0. The van der Waals surface area contributed by atoms with Gasteiger partial charge in [-0.15, -0.1) is 0 Å². The zero-order valence-electron chi connectivity index (χ0n) is 7.45. The predicted molar refractivity (Wildman–Crippen MR) is 47.7 cm³/mol. The van der Waals surface area contributed by atoms with Crippen molar-refractivity contribution >= 4 is 0 Å². The molecule has 0 aliphatic rings. The minimum Gasteiger partial charge on any atom is -0.395 e. The Kier molecular flexibility index (Phi) is 19.7. The second-order valence-electron chi connectivity index (χ2n) is 2.01. The Labute approximate surface area is 73.0 Å². The van der Waals surface area contributed by atoms with Crippen LogP contribution in [0.4, 0.5) is 0 Å². The molecule has 78 valence electrons. The lowest BCUT2D eigenvalue weighted by atomic mass is 10.4. The van der Waals surface area contributed by atoms with Gasteiger partial charge < -0.3 is 27.6 Å². The Hall–Kier alpha value is -0.240. The number of aliphatic hydroxyl groups excluding tert-OH is 3. The summed E-state index contributed by atoms with van der Waals surface area (Å²) in [6.07, 6.45) is 0. The highest BCUT2D eigenvalue weighted by Crippen LogP contribution is 1.84. The highest BCUT2D eigenvalue weighted by Gasteiger charge is 2.00. The zero-order chi connectivity index (χ0) is 7.82. The van der Waals surface area contributed by atoms with E-state index in [0.29, 0.717) is 19.6 Å². The van der Waals surface area contributed by atoms with Crippen LogP contribution in [0.25, 0.3) is 0 Å². The zero-order valence-corrected chi connectivity index (χ0v) is 7.45. The quantitative estimate of drug-likeness (QED) is 0.343. The lowest BCUT2D eigenvalue weighted by Gasteiger charge is -2.17. The topological polar surface area (TPSA) is 134 Å². The Morgan fingerprint density at radius 3 is 1.08 bits per heavy atom. The molecule has 0 aromatic heterocycles. The van der Waals surface area contributed by atoms with E-state index < -0.39 is 0 Å². The molecule has 9 N–H and O–H groups in total. The third-order valence-electron chi connectivity index (χ3n) is 1.25. The number of aliphatic hydroxyl groups is 3. The molecule has 0 heterocycles. The van der Waals surface area contributed by atoms with Crippen molar-refractivity contribution in [3.63, 3.8) is 0 Å². The third kappa shape index (κ3) is 9.76. The minimum absolute atomic E-state index is 0. The molecule has 0 radical (unpaired) electrons. The van der Waals surface area contributed by atoms with Gasteiger partial charge in [0.25, 0.3) is 0 Å². The van der Waals surface area contributed by atoms with E-state index in [-0.39, 0.29) is 32.1 Å². The molecule has 0 bridgehead atoms. The van der Waals surface area contributed by atoms with Crippen LogP contribution in [-0.2, 0) is 0 Å². The van der Waals surface area contributed by atoms with E-state index in [4.69, 9.17) is 15.3 Å². The van der Waals surface area contributed by atoms with Crippen LogP contribution >= 0.6 is 0 Å². The van der Waals surface area contributed by atoms with E-state index in [0.717, 1.165) is 0 Å². The van der Waals surface area contributed by atoms with Gasteiger partial charge in [0.2, 0.25) is 0 Å². The first-order valence-electron chi connectivity index (χ1n) is 3.40. The fourth-order valence-electron chi connectivity index (χ4n) is 0.760. The second kappa shape index (κ2) is 13.4. The summed E-state index contributed by atoms with van der Waals surface area (Å²) in [5, 5.41) is 25.5. The molecular formula is C6H21N3O3. The van der Waals surface area contributed by atoms with Gasteiger partial charge in [0.15, 0.2) is 0 Å². The van der Waals surface area contributed by atoms with Crippen LogP contribution in [0.15, 0.2) is 0 Å². The molecular weight excluding hydrogens is 162 g/mol. The summed E-state index contributed by atoms with van der Waals surface area (Å²) in [5.74, 6) is 0.